The van der Waals surface area contributed by atoms with Gasteiger partial charge in [0.05, 0.1) is 5.69 Å². The quantitative estimate of drug-likeness (QED) is 0.846. The van der Waals surface area contributed by atoms with Gasteiger partial charge in [0.25, 0.3) is 5.91 Å². The van der Waals surface area contributed by atoms with Gasteiger partial charge in [-0.05, 0) is 24.6 Å². The zero-order chi connectivity index (χ0) is 13.8. The minimum absolute atomic E-state index is 0. The van der Waals surface area contributed by atoms with Gasteiger partial charge in [-0.25, -0.2) is 0 Å². The van der Waals surface area contributed by atoms with E-state index in [-0.39, 0.29) is 18.3 Å². The molecule has 1 aromatic heterocycles. The summed E-state index contributed by atoms with van der Waals surface area (Å²) in [5.74, 6) is -0.127. The summed E-state index contributed by atoms with van der Waals surface area (Å²) in [6.07, 6.45) is 2.78. The maximum atomic E-state index is 12.0. The van der Waals surface area contributed by atoms with Crippen LogP contribution in [0, 0.1) is 0 Å². The summed E-state index contributed by atoms with van der Waals surface area (Å²) in [6.45, 7) is 2.52. The lowest BCUT2D eigenvalue weighted by atomic mass is 10.1. The first-order valence-electron chi connectivity index (χ1n) is 6.25. The number of anilines is 1. The third kappa shape index (κ3) is 3.74. The van der Waals surface area contributed by atoms with E-state index in [1.165, 1.54) is 0 Å². The Morgan fingerprint density at radius 3 is 2.85 bits per heavy atom. The smallest absolute Gasteiger partial charge is 0.251 e. The molecule has 1 amide bonds. The number of nitrogens with two attached hydrogens (primary N) is 1. The third-order valence-electron chi connectivity index (χ3n) is 2.91. The zero-order valence-corrected chi connectivity index (χ0v) is 12.4. The normalized spacial score (nSPS) is 9.90. The highest BCUT2D eigenvalue weighted by Crippen LogP contribution is 2.09. The van der Waals surface area contributed by atoms with Crippen molar-refractivity contribution in [1.29, 1.82) is 0 Å². The molecular weight excluding hydrogens is 276 g/mol. The van der Waals surface area contributed by atoms with Gasteiger partial charge in [-0.3, -0.25) is 9.48 Å². The van der Waals surface area contributed by atoms with Crippen molar-refractivity contribution in [3.8, 4) is 0 Å². The Labute approximate surface area is 124 Å². The molecule has 0 fully saturated rings. The summed E-state index contributed by atoms with van der Waals surface area (Å²) in [5.41, 5.74) is 8.87. The van der Waals surface area contributed by atoms with E-state index >= 15 is 0 Å². The van der Waals surface area contributed by atoms with Crippen LogP contribution in [0.15, 0.2) is 30.5 Å². The van der Waals surface area contributed by atoms with Crippen molar-refractivity contribution in [2.75, 3.05) is 5.73 Å². The molecule has 108 valence electrons. The second-order valence-corrected chi connectivity index (χ2v) is 4.44. The largest absolute Gasteiger partial charge is 0.399 e. The van der Waals surface area contributed by atoms with Crippen molar-refractivity contribution < 1.29 is 4.79 Å². The molecular formula is C14H19ClN4O. The van der Waals surface area contributed by atoms with Crippen molar-refractivity contribution in [3.05, 3.63) is 47.3 Å². The van der Waals surface area contributed by atoms with Crippen LogP contribution in [-0.2, 0) is 20.0 Å². The van der Waals surface area contributed by atoms with Crippen LogP contribution < -0.4 is 11.1 Å². The molecule has 0 bridgehead atoms. The second kappa shape index (κ2) is 6.96. The van der Waals surface area contributed by atoms with Gasteiger partial charge in [-0.2, -0.15) is 5.10 Å². The Balaban J connectivity index is 0.00000200. The van der Waals surface area contributed by atoms with Crippen molar-refractivity contribution in [1.82, 2.24) is 15.1 Å². The van der Waals surface area contributed by atoms with Crippen LogP contribution in [0.5, 0.6) is 0 Å². The molecule has 0 aliphatic carbocycles. The number of aryl methyl sites for hydroxylation is 2. The minimum atomic E-state index is -0.127. The van der Waals surface area contributed by atoms with Crippen molar-refractivity contribution in [3.63, 3.8) is 0 Å². The lowest BCUT2D eigenvalue weighted by Crippen LogP contribution is -2.23. The third-order valence-corrected chi connectivity index (χ3v) is 2.91. The molecule has 0 unspecified atom stereocenters. The average molecular weight is 295 g/mol. The first kappa shape index (κ1) is 16.0. The molecule has 0 aliphatic rings. The van der Waals surface area contributed by atoms with E-state index in [2.05, 4.69) is 10.4 Å². The van der Waals surface area contributed by atoms with E-state index in [1.807, 2.05) is 20.2 Å². The molecule has 3 N–H and O–H groups in total. The van der Waals surface area contributed by atoms with E-state index in [1.54, 1.807) is 28.9 Å². The van der Waals surface area contributed by atoms with Crippen LogP contribution in [-0.4, -0.2) is 15.7 Å². The number of carbonyl (C=O) groups excluding carboxylic acids is 1. The number of rotatable bonds is 4. The molecule has 6 heteroatoms. The molecule has 0 atom stereocenters. The lowest BCUT2D eigenvalue weighted by molar-refractivity contribution is 0.0951. The van der Waals surface area contributed by atoms with Gasteiger partial charge in [0.1, 0.15) is 0 Å². The minimum Gasteiger partial charge on any atom is -0.399 e. The summed E-state index contributed by atoms with van der Waals surface area (Å²) in [6, 6.07) is 6.94. The Hall–Kier alpha value is -2.01. The van der Waals surface area contributed by atoms with Gasteiger partial charge in [-0.15, -0.1) is 12.4 Å². The topological polar surface area (TPSA) is 72.9 Å². The first-order chi connectivity index (χ1) is 9.10. The van der Waals surface area contributed by atoms with E-state index in [4.69, 9.17) is 5.73 Å². The van der Waals surface area contributed by atoms with Crippen LogP contribution in [0.4, 0.5) is 5.69 Å². The molecule has 1 heterocycles. The van der Waals surface area contributed by atoms with E-state index in [9.17, 15) is 4.79 Å². The maximum Gasteiger partial charge on any atom is 0.251 e. The molecule has 20 heavy (non-hydrogen) atoms. The van der Waals surface area contributed by atoms with Crippen molar-refractivity contribution in [2.24, 2.45) is 7.05 Å². The monoisotopic (exact) mass is 294 g/mol. The number of carbonyl (C=O) groups is 1. The summed E-state index contributed by atoms with van der Waals surface area (Å²) in [7, 11) is 1.88. The van der Waals surface area contributed by atoms with Crippen LogP contribution in [0.1, 0.15) is 28.5 Å². The van der Waals surface area contributed by atoms with E-state index < -0.39 is 0 Å². The Kier molecular flexibility index (Phi) is 5.58. The predicted molar refractivity (Wildman–Crippen MR) is 81.9 cm³/mol. The fourth-order valence-corrected chi connectivity index (χ4v) is 1.99. The van der Waals surface area contributed by atoms with Gasteiger partial charge >= 0.3 is 0 Å². The highest BCUT2D eigenvalue weighted by atomic mass is 35.5. The molecule has 1 aromatic carbocycles. The highest BCUT2D eigenvalue weighted by Gasteiger charge is 2.09. The number of nitrogens with zero attached hydrogens (tertiary/aromatic N) is 2. The molecule has 5 nitrogen and oxygen atoms in total. The fourth-order valence-electron chi connectivity index (χ4n) is 1.99. The SMILES string of the molecule is CCc1nn(C)cc1CNC(=O)c1cccc(N)c1.Cl. The number of benzene rings is 1. The summed E-state index contributed by atoms with van der Waals surface area (Å²) >= 11 is 0. The van der Waals surface area contributed by atoms with Gasteiger partial charge in [0, 0.05) is 36.6 Å². The molecule has 0 radical (unpaired) electrons. The summed E-state index contributed by atoms with van der Waals surface area (Å²) in [4.78, 5) is 12.0. The Morgan fingerprint density at radius 2 is 2.20 bits per heavy atom. The number of hydrogen-bond donors (Lipinski definition) is 2. The molecule has 0 spiro atoms. The van der Waals surface area contributed by atoms with Crippen LogP contribution in [0.3, 0.4) is 0 Å². The number of hydrogen-bond acceptors (Lipinski definition) is 3. The number of halogens is 1. The highest BCUT2D eigenvalue weighted by molar-refractivity contribution is 5.94. The lowest BCUT2D eigenvalue weighted by Gasteiger charge is -2.05. The van der Waals surface area contributed by atoms with Crippen molar-refractivity contribution >= 4 is 24.0 Å². The first-order valence-corrected chi connectivity index (χ1v) is 6.25. The standard InChI is InChI=1S/C14H18N4O.ClH/c1-3-13-11(9-18(2)17-13)8-16-14(19)10-5-4-6-12(15)7-10;/h4-7,9H,3,8,15H2,1-2H3,(H,16,19);1H. The number of nitrogen functional groups attached to an aromatic ring is 1. The molecule has 0 aliphatic heterocycles. The number of aromatic nitrogens is 2. The van der Waals surface area contributed by atoms with Crippen LogP contribution in [0.2, 0.25) is 0 Å². The van der Waals surface area contributed by atoms with Gasteiger partial charge in [0.15, 0.2) is 0 Å². The van der Waals surface area contributed by atoms with E-state index in [0.29, 0.717) is 17.8 Å². The Bertz CT molecular complexity index is 595. The number of amides is 1. The van der Waals surface area contributed by atoms with Gasteiger partial charge in [0.2, 0.25) is 0 Å². The fraction of sp³-hybridized carbons (Fsp3) is 0.286. The second-order valence-electron chi connectivity index (χ2n) is 4.44. The Morgan fingerprint density at radius 1 is 1.45 bits per heavy atom. The molecule has 2 aromatic rings. The van der Waals surface area contributed by atoms with E-state index in [0.717, 1.165) is 17.7 Å². The molecule has 0 saturated heterocycles. The summed E-state index contributed by atoms with van der Waals surface area (Å²) < 4.78 is 1.76. The molecule has 2 rings (SSSR count). The zero-order valence-electron chi connectivity index (χ0n) is 11.6. The molecule has 0 saturated carbocycles. The van der Waals surface area contributed by atoms with Crippen molar-refractivity contribution in [2.45, 2.75) is 19.9 Å². The van der Waals surface area contributed by atoms with Crippen LogP contribution in [0.25, 0.3) is 0 Å². The maximum absolute atomic E-state index is 12.0. The summed E-state index contributed by atoms with van der Waals surface area (Å²) in [5, 5.41) is 7.22. The van der Waals surface area contributed by atoms with Gasteiger partial charge < -0.3 is 11.1 Å². The average Bonchev–Trinajstić information content (AvgIpc) is 2.76. The number of nitrogens with one attached hydrogen (secondary N) is 1. The predicted octanol–water partition coefficient (Wildman–Crippen LogP) is 1.92. The van der Waals surface area contributed by atoms with Gasteiger partial charge in [-0.1, -0.05) is 13.0 Å². The van der Waals surface area contributed by atoms with Crippen LogP contribution >= 0.6 is 12.4 Å².